The fraction of sp³-hybridized carbons (Fsp3) is 0.154. The second-order valence-corrected chi connectivity index (χ2v) is 7.61. The van der Waals surface area contributed by atoms with Crippen LogP contribution in [0, 0.1) is 0 Å². The molecule has 0 spiro atoms. The highest BCUT2D eigenvalue weighted by atomic mass is 16.6. The third-order valence-electron chi connectivity index (χ3n) is 5.73. The van der Waals surface area contributed by atoms with Crippen LogP contribution in [0.3, 0.4) is 0 Å². The summed E-state index contributed by atoms with van der Waals surface area (Å²) in [6.07, 6.45) is 0. The first-order valence-electron chi connectivity index (χ1n) is 10.5. The van der Waals surface area contributed by atoms with Gasteiger partial charge in [-0.2, -0.15) is 0 Å². The number of rotatable bonds is 4. The van der Waals surface area contributed by atoms with Gasteiger partial charge in [0, 0.05) is 22.9 Å². The third kappa shape index (κ3) is 3.47. The van der Waals surface area contributed by atoms with Gasteiger partial charge in [0.1, 0.15) is 24.7 Å². The highest BCUT2D eigenvalue weighted by Crippen LogP contribution is 2.46. The number of aliphatic hydroxyl groups excluding tert-OH is 1. The van der Waals surface area contributed by atoms with Crippen LogP contribution in [0.4, 0.5) is 5.69 Å². The van der Waals surface area contributed by atoms with Gasteiger partial charge in [0.2, 0.25) is 0 Å². The molecule has 7 heteroatoms. The van der Waals surface area contributed by atoms with Gasteiger partial charge in [0.15, 0.2) is 11.5 Å². The lowest BCUT2D eigenvalue weighted by atomic mass is 9.94. The molecule has 1 unspecified atom stereocenters. The van der Waals surface area contributed by atoms with Crippen LogP contribution < -0.4 is 19.1 Å². The monoisotopic (exact) mass is 443 g/mol. The van der Waals surface area contributed by atoms with Crippen molar-refractivity contribution in [2.24, 2.45) is 0 Å². The molecule has 5 rings (SSSR count). The minimum atomic E-state index is -0.899. The van der Waals surface area contributed by atoms with E-state index in [-0.39, 0.29) is 11.3 Å². The third-order valence-corrected chi connectivity index (χ3v) is 5.73. The molecule has 7 nitrogen and oxygen atoms in total. The smallest absolute Gasteiger partial charge is 0.300 e. The summed E-state index contributed by atoms with van der Waals surface area (Å²) in [4.78, 5) is 28.0. The molecular weight excluding hydrogens is 422 g/mol. The molecule has 0 radical (unpaired) electrons. The van der Waals surface area contributed by atoms with Crippen LogP contribution in [0.15, 0.2) is 78.4 Å². The molecule has 2 heterocycles. The van der Waals surface area contributed by atoms with Crippen LogP contribution in [-0.4, -0.2) is 37.1 Å². The lowest BCUT2D eigenvalue weighted by Gasteiger charge is -2.28. The van der Waals surface area contributed by atoms with Crippen molar-refractivity contribution in [3.8, 4) is 17.2 Å². The number of fused-ring (bicyclic) bond motifs is 1. The van der Waals surface area contributed by atoms with Gasteiger partial charge in [-0.25, -0.2) is 0 Å². The van der Waals surface area contributed by atoms with Gasteiger partial charge in [-0.05, 0) is 18.2 Å². The first kappa shape index (κ1) is 20.6. The van der Waals surface area contributed by atoms with Gasteiger partial charge in [0.05, 0.1) is 18.7 Å². The fourth-order valence-corrected chi connectivity index (χ4v) is 4.22. The molecule has 0 aliphatic carbocycles. The minimum Gasteiger partial charge on any atom is -0.507 e. The summed E-state index contributed by atoms with van der Waals surface area (Å²) >= 11 is 0. The van der Waals surface area contributed by atoms with Gasteiger partial charge in [-0.15, -0.1) is 0 Å². The highest BCUT2D eigenvalue weighted by molar-refractivity contribution is 6.51. The number of ketones is 1. The van der Waals surface area contributed by atoms with Crippen LogP contribution in [0.25, 0.3) is 5.76 Å². The molecule has 1 fully saturated rings. The molecule has 2 aliphatic heterocycles. The Hall–Kier alpha value is -4.26. The summed E-state index contributed by atoms with van der Waals surface area (Å²) in [6.45, 7) is 0.828. The van der Waals surface area contributed by atoms with Crippen molar-refractivity contribution in [1.29, 1.82) is 0 Å². The summed E-state index contributed by atoms with van der Waals surface area (Å²) in [5.74, 6) is -0.222. The molecule has 1 N–H and O–H groups in total. The molecule has 1 amide bonds. The molecule has 33 heavy (non-hydrogen) atoms. The van der Waals surface area contributed by atoms with Crippen molar-refractivity contribution in [3.05, 3.63) is 89.5 Å². The van der Waals surface area contributed by atoms with E-state index in [1.165, 1.54) is 12.0 Å². The zero-order valence-corrected chi connectivity index (χ0v) is 17.9. The number of carbonyl (C=O) groups is 2. The van der Waals surface area contributed by atoms with Crippen molar-refractivity contribution in [2.75, 3.05) is 25.2 Å². The number of hydrogen-bond acceptors (Lipinski definition) is 6. The Kier molecular flexibility index (Phi) is 5.22. The molecule has 166 valence electrons. The van der Waals surface area contributed by atoms with E-state index in [0.29, 0.717) is 47.3 Å². The Morgan fingerprint density at radius 3 is 2.39 bits per heavy atom. The summed E-state index contributed by atoms with van der Waals surface area (Å²) in [5.41, 5.74) is 1.46. The number of Topliss-reactive ketones (excluding diaryl/α,β-unsaturated/α-hetero) is 1. The summed E-state index contributed by atoms with van der Waals surface area (Å²) in [7, 11) is 1.52. The topological polar surface area (TPSA) is 85.3 Å². The molecule has 0 bridgehead atoms. The predicted octanol–water partition coefficient (Wildman–Crippen LogP) is 4.09. The lowest BCUT2D eigenvalue weighted by Crippen LogP contribution is -2.30. The largest absolute Gasteiger partial charge is 0.507 e. The average Bonchev–Trinajstić information content (AvgIpc) is 3.13. The maximum Gasteiger partial charge on any atom is 0.300 e. The number of carbonyl (C=O) groups excluding carboxylic acids is 2. The molecule has 0 saturated carbocycles. The molecule has 3 aromatic rings. The molecule has 0 aromatic heterocycles. The zero-order chi connectivity index (χ0) is 22.9. The maximum atomic E-state index is 13.3. The van der Waals surface area contributed by atoms with E-state index in [1.807, 2.05) is 6.07 Å². The van der Waals surface area contributed by atoms with E-state index in [0.717, 1.165) is 0 Å². The number of anilines is 1. The van der Waals surface area contributed by atoms with Crippen LogP contribution in [-0.2, 0) is 9.59 Å². The Labute approximate surface area is 190 Å². The normalized spacial score (nSPS) is 18.9. The Balaban J connectivity index is 1.73. The fourth-order valence-electron chi connectivity index (χ4n) is 4.22. The number of amides is 1. The summed E-state index contributed by atoms with van der Waals surface area (Å²) in [5, 5.41) is 11.2. The van der Waals surface area contributed by atoms with Crippen molar-refractivity contribution in [1.82, 2.24) is 0 Å². The van der Waals surface area contributed by atoms with Gasteiger partial charge < -0.3 is 19.3 Å². The molecular formula is C26H21NO6. The van der Waals surface area contributed by atoms with Gasteiger partial charge in [-0.1, -0.05) is 48.5 Å². The molecule has 3 aromatic carbocycles. The SMILES string of the molecule is COc1ccccc1C1/C(=C(\O)c2ccccc2)C(=O)C(=O)N1c1ccc2c(c1)OCCO2. The first-order chi connectivity index (χ1) is 16.1. The van der Waals surface area contributed by atoms with E-state index in [4.69, 9.17) is 14.2 Å². The van der Waals surface area contributed by atoms with E-state index in [2.05, 4.69) is 0 Å². The van der Waals surface area contributed by atoms with Crippen LogP contribution in [0.2, 0.25) is 0 Å². The number of nitrogens with zero attached hydrogens (tertiary/aromatic N) is 1. The van der Waals surface area contributed by atoms with E-state index >= 15 is 0 Å². The number of benzene rings is 3. The van der Waals surface area contributed by atoms with Crippen molar-refractivity contribution < 1.29 is 28.9 Å². The van der Waals surface area contributed by atoms with Crippen LogP contribution >= 0.6 is 0 Å². The second kappa shape index (κ2) is 8.35. The van der Waals surface area contributed by atoms with Crippen molar-refractivity contribution >= 4 is 23.1 Å². The quantitative estimate of drug-likeness (QED) is 0.371. The Morgan fingerprint density at radius 2 is 1.64 bits per heavy atom. The molecule has 1 saturated heterocycles. The number of para-hydroxylation sites is 1. The Bertz CT molecular complexity index is 1270. The number of aliphatic hydroxyl groups is 1. The van der Waals surface area contributed by atoms with Crippen LogP contribution in [0.5, 0.6) is 17.2 Å². The van der Waals surface area contributed by atoms with E-state index in [1.54, 1.807) is 66.7 Å². The minimum absolute atomic E-state index is 0.00871. The molecule has 1 atom stereocenters. The van der Waals surface area contributed by atoms with Gasteiger partial charge in [0.25, 0.3) is 11.7 Å². The van der Waals surface area contributed by atoms with Crippen molar-refractivity contribution in [3.63, 3.8) is 0 Å². The van der Waals surface area contributed by atoms with E-state index in [9.17, 15) is 14.7 Å². The number of hydrogen-bond donors (Lipinski definition) is 1. The maximum absolute atomic E-state index is 13.3. The van der Waals surface area contributed by atoms with E-state index < -0.39 is 17.7 Å². The Morgan fingerprint density at radius 1 is 0.939 bits per heavy atom. The number of ether oxygens (including phenoxy) is 3. The first-order valence-corrected chi connectivity index (χ1v) is 10.5. The number of methoxy groups -OCH3 is 1. The predicted molar refractivity (Wildman–Crippen MR) is 122 cm³/mol. The second-order valence-electron chi connectivity index (χ2n) is 7.61. The lowest BCUT2D eigenvalue weighted by molar-refractivity contribution is -0.132. The highest BCUT2D eigenvalue weighted by Gasteiger charge is 2.48. The van der Waals surface area contributed by atoms with Gasteiger partial charge >= 0.3 is 0 Å². The zero-order valence-electron chi connectivity index (χ0n) is 17.9. The standard InChI is InChI=1S/C26H21NO6/c1-31-19-10-6-5-9-18(19)23-22(24(28)16-7-3-2-4-8-16)25(29)26(30)27(23)17-11-12-20-21(15-17)33-14-13-32-20/h2-12,15,23,28H,13-14H2,1H3/b24-22+. The van der Waals surface area contributed by atoms with Crippen LogP contribution in [0.1, 0.15) is 17.2 Å². The average molecular weight is 443 g/mol. The molecule has 2 aliphatic rings. The van der Waals surface area contributed by atoms with Gasteiger partial charge in [-0.3, -0.25) is 14.5 Å². The van der Waals surface area contributed by atoms with Crippen molar-refractivity contribution in [2.45, 2.75) is 6.04 Å². The summed E-state index contributed by atoms with van der Waals surface area (Å²) < 4.78 is 16.8. The summed E-state index contributed by atoms with van der Waals surface area (Å²) in [6, 6.07) is 20.0.